The van der Waals surface area contributed by atoms with E-state index in [-0.39, 0.29) is 10.9 Å². The molecule has 1 aliphatic carbocycles. The Morgan fingerprint density at radius 3 is 2.28 bits per heavy atom. The standard InChI is InChI=1S/C13H20N2O2S/c1-9-7-12(8-9)15-10(2)11-3-5-13(6-4-11)18(14,16)17/h3-6,9-10,12,15H,7-8H2,1-2H3,(H2,14,16,17). The molecule has 1 aromatic carbocycles. The first-order valence-corrected chi connectivity index (χ1v) is 7.79. The van der Waals surface area contributed by atoms with Crippen LogP contribution in [0.15, 0.2) is 29.2 Å². The molecule has 1 saturated carbocycles. The lowest BCUT2D eigenvalue weighted by Gasteiger charge is -2.35. The highest BCUT2D eigenvalue weighted by Crippen LogP contribution is 2.28. The van der Waals surface area contributed by atoms with Crippen molar-refractivity contribution >= 4 is 10.0 Å². The van der Waals surface area contributed by atoms with Gasteiger partial charge in [0.05, 0.1) is 4.90 Å². The summed E-state index contributed by atoms with van der Waals surface area (Å²) >= 11 is 0. The van der Waals surface area contributed by atoms with Gasteiger partial charge < -0.3 is 5.32 Å². The molecule has 3 N–H and O–H groups in total. The molecule has 0 amide bonds. The molecule has 0 aliphatic heterocycles. The van der Waals surface area contributed by atoms with E-state index in [1.165, 1.54) is 12.8 Å². The van der Waals surface area contributed by atoms with Crippen LogP contribution < -0.4 is 10.5 Å². The van der Waals surface area contributed by atoms with Crippen LogP contribution in [0.1, 0.15) is 38.3 Å². The van der Waals surface area contributed by atoms with Crippen molar-refractivity contribution in [2.24, 2.45) is 11.1 Å². The number of hydrogen-bond acceptors (Lipinski definition) is 3. The molecule has 0 aromatic heterocycles. The van der Waals surface area contributed by atoms with Crippen molar-refractivity contribution in [3.05, 3.63) is 29.8 Å². The van der Waals surface area contributed by atoms with Gasteiger partial charge in [0.1, 0.15) is 0 Å². The molecule has 100 valence electrons. The van der Waals surface area contributed by atoms with Gasteiger partial charge in [-0.25, -0.2) is 13.6 Å². The van der Waals surface area contributed by atoms with Gasteiger partial charge in [-0.3, -0.25) is 0 Å². The number of rotatable bonds is 4. The maximum absolute atomic E-state index is 11.1. The quantitative estimate of drug-likeness (QED) is 0.874. The second-order valence-corrected chi connectivity index (χ2v) is 6.84. The Kier molecular flexibility index (Phi) is 3.75. The molecule has 4 nitrogen and oxygen atoms in total. The number of primary sulfonamides is 1. The topological polar surface area (TPSA) is 72.2 Å². The number of nitrogens with two attached hydrogens (primary N) is 1. The third-order valence-electron chi connectivity index (χ3n) is 3.57. The Morgan fingerprint density at radius 2 is 1.83 bits per heavy atom. The third-order valence-corrected chi connectivity index (χ3v) is 4.50. The van der Waals surface area contributed by atoms with Crippen molar-refractivity contribution in [3.63, 3.8) is 0 Å². The van der Waals surface area contributed by atoms with Gasteiger partial charge in [0.25, 0.3) is 0 Å². The summed E-state index contributed by atoms with van der Waals surface area (Å²) in [7, 11) is -3.59. The van der Waals surface area contributed by atoms with Crippen molar-refractivity contribution in [2.45, 2.75) is 43.7 Å². The molecular formula is C13H20N2O2S. The Hall–Kier alpha value is -0.910. The molecule has 0 heterocycles. The lowest BCUT2D eigenvalue weighted by molar-refractivity contribution is 0.226. The number of nitrogens with one attached hydrogen (secondary N) is 1. The SMILES string of the molecule is CC1CC(NC(C)c2ccc(S(N)(=O)=O)cc2)C1. The third kappa shape index (κ3) is 3.10. The molecule has 1 fully saturated rings. The van der Waals surface area contributed by atoms with Crippen LogP contribution >= 0.6 is 0 Å². The minimum Gasteiger partial charge on any atom is -0.307 e. The fourth-order valence-electron chi connectivity index (χ4n) is 2.43. The van der Waals surface area contributed by atoms with E-state index >= 15 is 0 Å². The van der Waals surface area contributed by atoms with Crippen LogP contribution in [0.3, 0.4) is 0 Å². The van der Waals surface area contributed by atoms with Crippen molar-refractivity contribution in [1.82, 2.24) is 5.32 Å². The molecule has 1 unspecified atom stereocenters. The monoisotopic (exact) mass is 268 g/mol. The molecule has 1 aliphatic rings. The Balaban J connectivity index is 2.01. The lowest BCUT2D eigenvalue weighted by Crippen LogP contribution is -2.41. The van der Waals surface area contributed by atoms with E-state index in [0.29, 0.717) is 6.04 Å². The van der Waals surface area contributed by atoms with Crippen molar-refractivity contribution in [1.29, 1.82) is 0 Å². The number of benzene rings is 1. The van der Waals surface area contributed by atoms with Crippen molar-refractivity contribution < 1.29 is 8.42 Å². The summed E-state index contributed by atoms with van der Waals surface area (Å²) < 4.78 is 22.3. The van der Waals surface area contributed by atoms with Gasteiger partial charge in [-0.1, -0.05) is 19.1 Å². The number of sulfonamides is 1. The minimum atomic E-state index is -3.59. The first kappa shape index (κ1) is 13.5. The molecule has 1 atom stereocenters. The van der Waals surface area contributed by atoms with E-state index in [2.05, 4.69) is 19.2 Å². The van der Waals surface area contributed by atoms with E-state index in [0.717, 1.165) is 11.5 Å². The summed E-state index contributed by atoms with van der Waals surface area (Å²) in [6, 6.07) is 7.59. The predicted octanol–water partition coefficient (Wildman–Crippen LogP) is 1.78. The van der Waals surface area contributed by atoms with E-state index in [9.17, 15) is 8.42 Å². The summed E-state index contributed by atoms with van der Waals surface area (Å²) in [6.45, 7) is 4.35. The van der Waals surface area contributed by atoms with Gasteiger partial charge in [-0.05, 0) is 43.4 Å². The Bertz CT molecular complexity index is 504. The zero-order chi connectivity index (χ0) is 13.3. The summed E-state index contributed by atoms with van der Waals surface area (Å²) in [5.41, 5.74) is 1.09. The van der Waals surface area contributed by atoms with E-state index in [1.807, 2.05) is 12.1 Å². The molecule has 1 aromatic rings. The Morgan fingerprint density at radius 1 is 1.28 bits per heavy atom. The van der Waals surface area contributed by atoms with Crippen LogP contribution in [-0.4, -0.2) is 14.5 Å². The van der Waals surface area contributed by atoms with Crippen LogP contribution in [-0.2, 0) is 10.0 Å². The molecule has 2 rings (SSSR count). The van der Waals surface area contributed by atoms with Crippen LogP contribution in [0, 0.1) is 5.92 Å². The van der Waals surface area contributed by atoms with Gasteiger partial charge in [0.15, 0.2) is 0 Å². The minimum absolute atomic E-state index is 0.163. The highest BCUT2D eigenvalue weighted by molar-refractivity contribution is 7.89. The van der Waals surface area contributed by atoms with Crippen LogP contribution in [0.5, 0.6) is 0 Å². The second-order valence-electron chi connectivity index (χ2n) is 5.28. The molecule has 0 spiro atoms. The zero-order valence-electron chi connectivity index (χ0n) is 10.8. The molecule has 0 radical (unpaired) electrons. The molecule has 18 heavy (non-hydrogen) atoms. The van der Waals surface area contributed by atoms with Crippen LogP contribution in [0.2, 0.25) is 0 Å². The number of hydrogen-bond donors (Lipinski definition) is 2. The van der Waals surface area contributed by atoms with E-state index in [4.69, 9.17) is 5.14 Å². The zero-order valence-corrected chi connectivity index (χ0v) is 11.6. The largest absolute Gasteiger partial charge is 0.307 e. The highest BCUT2D eigenvalue weighted by atomic mass is 32.2. The van der Waals surface area contributed by atoms with Gasteiger partial charge in [-0.2, -0.15) is 0 Å². The van der Waals surface area contributed by atoms with Gasteiger partial charge >= 0.3 is 0 Å². The van der Waals surface area contributed by atoms with E-state index in [1.54, 1.807) is 12.1 Å². The highest BCUT2D eigenvalue weighted by Gasteiger charge is 2.26. The predicted molar refractivity (Wildman–Crippen MR) is 71.6 cm³/mol. The Labute approximate surface area is 109 Å². The summed E-state index contributed by atoms with van der Waals surface area (Å²) in [5, 5.41) is 8.61. The molecular weight excluding hydrogens is 248 g/mol. The first-order valence-electron chi connectivity index (χ1n) is 6.25. The van der Waals surface area contributed by atoms with Crippen LogP contribution in [0.4, 0.5) is 0 Å². The average molecular weight is 268 g/mol. The van der Waals surface area contributed by atoms with Crippen molar-refractivity contribution in [2.75, 3.05) is 0 Å². The summed E-state index contributed by atoms with van der Waals surface area (Å²) in [5.74, 6) is 0.819. The summed E-state index contributed by atoms with van der Waals surface area (Å²) in [6.07, 6.45) is 2.44. The fourth-order valence-corrected chi connectivity index (χ4v) is 2.95. The molecule has 5 heteroatoms. The van der Waals surface area contributed by atoms with Gasteiger partial charge in [-0.15, -0.1) is 0 Å². The van der Waals surface area contributed by atoms with E-state index < -0.39 is 10.0 Å². The van der Waals surface area contributed by atoms with Crippen LogP contribution in [0.25, 0.3) is 0 Å². The van der Waals surface area contributed by atoms with Gasteiger partial charge in [0, 0.05) is 12.1 Å². The fraction of sp³-hybridized carbons (Fsp3) is 0.538. The maximum Gasteiger partial charge on any atom is 0.238 e. The average Bonchev–Trinajstić information content (AvgIpc) is 2.26. The van der Waals surface area contributed by atoms with Gasteiger partial charge in [0.2, 0.25) is 10.0 Å². The molecule has 0 bridgehead atoms. The normalized spacial score (nSPS) is 25.5. The maximum atomic E-state index is 11.1. The summed E-state index contributed by atoms with van der Waals surface area (Å²) in [4.78, 5) is 0.163. The molecule has 0 saturated heterocycles. The van der Waals surface area contributed by atoms with Crippen molar-refractivity contribution in [3.8, 4) is 0 Å². The second kappa shape index (κ2) is 4.99. The first-order chi connectivity index (χ1) is 8.36. The lowest BCUT2D eigenvalue weighted by atomic mass is 9.81. The smallest absolute Gasteiger partial charge is 0.238 e.